The molecule has 134 valence electrons. The summed E-state index contributed by atoms with van der Waals surface area (Å²) in [6, 6.07) is 8.86. The third-order valence-electron chi connectivity index (χ3n) is 4.84. The number of hydrogen-bond acceptors (Lipinski definition) is 3. The molecule has 2 rings (SSSR count). The Hall–Kier alpha value is -1.55. The third kappa shape index (κ3) is 5.23. The van der Waals surface area contributed by atoms with Gasteiger partial charge in [-0.25, -0.2) is 0 Å². The Morgan fingerprint density at radius 2 is 1.67 bits per heavy atom. The standard InChI is InChI=1S/C20H32N2O2/c1-14(2)17-6-8-19(9-7-17)24-16(5)20(23)21-18-10-12-22(13-11-18)15(3)4/h6-9,14-16,18H,10-13H2,1-5H3,(H,21,23)/t16-/m1/s1. The number of rotatable bonds is 6. The monoisotopic (exact) mass is 332 g/mol. The summed E-state index contributed by atoms with van der Waals surface area (Å²) in [5.74, 6) is 1.22. The fourth-order valence-corrected chi connectivity index (χ4v) is 3.07. The smallest absolute Gasteiger partial charge is 0.260 e. The number of hydrogen-bond donors (Lipinski definition) is 1. The van der Waals surface area contributed by atoms with E-state index in [2.05, 4.69) is 50.0 Å². The van der Waals surface area contributed by atoms with Crippen LogP contribution in [0.2, 0.25) is 0 Å². The van der Waals surface area contributed by atoms with E-state index in [1.54, 1.807) is 0 Å². The Labute approximate surface area is 146 Å². The molecule has 1 amide bonds. The molecule has 1 aromatic rings. The van der Waals surface area contributed by atoms with Gasteiger partial charge in [-0.2, -0.15) is 0 Å². The summed E-state index contributed by atoms with van der Waals surface area (Å²) in [4.78, 5) is 14.8. The molecule has 1 fully saturated rings. The molecular formula is C20H32N2O2. The minimum atomic E-state index is -0.474. The van der Waals surface area contributed by atoms with E-state index in [1.807, 2.05) is 19.1 Å². The van der Waals surface area contributed by atoms with Crippen molar-refractivity contribution in [2.24, 2.45) is 0 Å². The average molecular weight is 332 g/mol. The minimum Gasteiger partial charge on any atom is -0.481 e. The highest BCUT2D eigenvalue weighted by molar-refractivity contribution is 5.81. The van der Waals surface area contributed by atoms with Crippen LogP contribution < -0.4 is 10.1 Å². The number of amides is 1. The number of benzene rings is 1. The van der Waals surface area contributed by atoms with Crippen molar-refractivity contribution in [1.29, 1.82) is 0 Å². The quantitative estimate of drug-likeness (QED) is 0.866. The number of carbonyl (C=O) groups is 1. The maximum atomic E-state index is 12.4. The zero-order valence-electron chi connectivity index (χ0n) is 15.7. The van der Waals surface area contributed by atoms with Gasteiger partial charge in [0.15, 0.2) is 6.10 Å². The van der Waals surface area contributed by atoms with Gasteiger partial charge >= 0.3 is 0 Å². The van der Waals surface area contributed by atoms with Gasteiger partial charge in [-0.15, -0.1) is 0 Å². The van der Waals surface area contributed by atoms with Crippen LogP contribution in [0, 0.1) is 0 Å². The minimum absolute atomic E-state index is 0.0223. The SMILES string of the molecule is CC(C)c1ccc(O[C@H](C)C(=O)NC2CCN(C(C)C)CC2)cc1. The van der Waals surface area contributed by atoms with E-state index in [0.29, 0.717) is 12.0 Å². The van der Waals surface area contributed by atoms with Crippen LogP contribution in [0.15, 0.2) is 24.3 Å². The van der Waals surface area contributed by atoms with E-state index in [0.717, 1.165) is 31.7 Å². The molecule has 0 bridgehead atoms. The lowest BCUT2D eigenvalue weighted by molar-refractivity contribution is -0.128. The highest BCUT2D eigenvalue weighted by Crippen LogP contribution is 2.19. The molecule has 0 radical (unpaired) electrons. The van der Waals surface area contributed by atoms with Gasteiger partial charge in [-0.3, -0.25) is 4.79 Å². The van der Waals surface area contributed by atoms with Crippen LogP contribution in [-0.2, 0) is 4.79 Å². The highest BCUT2D eigenvalue weighted by atomic mass is 16.5. The molecule has 0 aromatic heterocycles. The normalized spacial score (nSPS) is 18.0. The van der Waals surface area contributed by atoms with Gasteiger partial charge in [-0.1, -0.05) is 26.0 Å². The first-order valence-corrected chi connectivity index (χ1v) is 9.18. The summed E-state index contributed by atoms with van der Waals surface area (Å²) in [5.41, 5.74) is 1.27. The summed E-state index contributed by atoms with van der Waals surface area (Å²) >= 11 is 0. The molecule has 0 unspecified atom stereocenters. The summed E-state index contributed by atoms with van der Waals surface area (Å²) in [7, 11) is 0. The fourth-order valence-electron chi connectivity index (χ4n) is 3.07. The molecule has 0 aliphatic carbocycles. The van der Waals surface area contributed by atoms with Crippen molar-refractivity contribution in [3.05, 3.63) is 29.8 Å². The molecule has 1 atom stereocenters. The van der Waals surface area contributed by atoms with E-state index < -0.39 is 6.10 Å². The number of nitrogens with one attached hydrogen (secondary N) is 1. The maximum absolute atomic E-state index is 12.4. The fraction of sp³-hybridized carbons (Fsp3) is 0.650. The second-order valence-electron chi connectivity index (χ2n) is 7.40. The Kier molecular flexibility index (Phi) is 6.67. The number of piperidine rings is 1. The van der Waals surface area contributed by atoms with E-state index in [1.165, 1.54) is 5.56 Å². The van der Waals surface area contributed by atoms with E-state index in [4.69, 9.17) is 4.74 Å². The third-order valence-corrected chi connectivity index (χ3v) is 4.84. The van der Waals surface area contributed by atoms with Gasteiger partial charge in [0.25, 0.3) is 5.91 Å². The van der Waals surface area contributed by atoms with Crippen molar-refractivity contribution in [1.82, 2.24) is 10.2 Å². The summed E-state index contributed by atoms with van der Waals surface area (Å²) in [6.07, 6.45) is 1.55. The molecule has 0 saturated carbocycles. The van der Waals surface area contributed by atoms with Gasteiger partial charge in [0.05, 0.1) is 0 Å². The zero-order valence-corrected chi connectivity index (χ0v) is 15.7. The first-order valence-electron chi connectivity index (χ1n) is 9.18. The number of ether oxygens (including phenoxy) is 1. The molecule has 0 spiro atoms. The molecule has 1 aromatic carbocycles. The molecular weight excluding hydrogens is 300 g/mol. The molecule has 4 heteroatoms. The summed E-state index contributed by atoms with van der Waals surface area (Å²) < 4.78 is 5.79. The van der Waals surface area contributed by atoms with Crippen molar-refractivity contribution < 1.29 is 9.53 Å². The van der Waals surface area contributed by atoms with Crippen LogP contribution in [0.4, 0.5) is 0 Å². The van der Waals surface area contributed by atoms with Crippen LogP contribution in [0.5, 0.6) is 5.75 Å². The number of carbonyl (C=O) groups excluding carboxylic acids is 1. The topological polar surface area (TPSA) is 41.6 Å². The van der Waals surface area contributed by atoms with Crippen LogP contribution in [0.25, 0.3) is 0 Å². The van der Waals surface area contributed by atoms with E-state index >= 15 is 0 Å². The highest BCUT2D eigenvalue weighted by Gasteiger charge is 2.24. The van der Waals surface area contributed by atoms with Crippen molar-refractivity contribution >= 4 is 5.91 Å². The van der Waals surface area contributed by atoms with Crippen molar-refractivity contribution in [3.63, 3.8) is 0 Å². The predicted molar refractivity (Wildman–Crippen MR) is 98.5 cm³/mol. The van der Waals surface area contributed by atoms with Crippen LogP contribution >= 0.6 is 0 Å². The Bertz CT molecular complexity index is 517. The lowest BCUT2D eigenvalue weighted by Gasteiger charge is -2.35. The Balaban J connectivity index is 1.80. The second-order valence-corrected chi connectivity index (χ2v) is 7.40. The first kappa shape index (κ1) is 18.8. The van der Waals surface area contributed by atoms with Crippen LogP contribution in [0.3, 0.4) is 0 Å². The summed E-state index contributed by atoms with van der Waals surface area (Å²) in [6.45, 7) is 12.7. The molecule has 1 aliphatic heterocycles. The summed E-state index contributed by atoms with van der Waals surface area (Å²) in [5, 5.41) is 3.14. The van der Waals surface area contributed by atoms with Gasteiger partial charge in [-0.05, 0) is 57.2 Å². The van der Waals surface area contributed by atoms with Crippen molar-refractivity contribution in [2.45, 2.75) is 71.6 Å². The molecule has 1 saturated heterocycles. The van der Waals surface area contributed by atoms with E-state index in [9.17, 15) is 4.79 Å². The molecule has 24 heavy (non-hydrogen) atoms. The van der Waals surface area contributed by atoms with Crippen molar-refractivity contribution in [3.8, 4) is 5.75 Å². The van der Waals surface area contributed by atoms with Gasteiger partial charge in [0.2, 0.25) is 0 Å². The van der Waals surface area contributed by atoms with Crippen LogP contribution in [-0.4, -0.2) is 42.1 Å². The van der Waals surface area contributed by atoms with Gasteiger partial charge in [0, 0.05) is 25.2 Å². The van der Waals surface area contributed by atoms with Crippen LogP contribution in [0.1, 0.15) is 58.9 Å². The Morgan fingerprint density at radius 3 is 2.17 bits per heavy atom. The number of nitrogens with zero attached hydrogens (tertiary/aromatic N) is 1. The lowest BCUT2D eigenvalue weighted by Crippen LogP contribution is -2.49. The maximum Gasteiger partial charge on any atom is 0.260 e. The van der Waals surface area contributed by atoms with E-state index in [-0.39, 0.29) is 11.9 Å². The second kappa shape index (κ2) is 8.52. The number of likely N-dealkylation sites (tertiary alicyclic amines) is 1. The first-order chi connectivity index (χ1) is 11.4. The van der Waals surface area contributed by atoms with Gasteiger partial charge in [0.1, 0.15) is 5.75 Å². The Morgan fingerprint density at radius 1 is 1.08 bits per heavy atom. The zero-order chi connectivity index (χ0) is 17.7. The largest absolute Gasteiger partial charge is 0.481 e. The lowest BCUT2D eigenvalue weighted by atomic mass is 10.0. The average Bonchev–Trinajstić information content (AvgIpc) is 2.55. The predicted octanol–water partition coefficient (Wildman–Crippen LogP) is 3.57. The molecule has 1 aliphatic rings. The van der Waals surface area contributed by atoms with Crippen molar-refractivity contribution in [2.75, 3.05) is 13.1 Å². The molecule has 4 nitrogen and oxygen atoms in total. The molecule has 1 N–H and O–H groups in total. The van der Waals surface area contributed by atoms with Gasteiger partial charge < -0.3 is 15.0 Å². The molecule has 1 heterocycles.